The second-order valence-electron chi connectivity index (χ2n) is 25.0. The Morgan fingerprint density at radius 1 is 0.272 bits per heavy atom. The van der Waals surface area contributed by atoms with Crippen LogP contribution in [0.3, 0.4) is 0 Å². The van der Waals surface area contributed by atoms with Crippen molar-refractivity contribution in [2.24, 2.45) is 0 Å². The van der Waals surface area contributed by atoms with Crippen molar-refractivity contribution < 1.29 is 75.8 Å². The molecule has 0 saturated heterocycles. The summed E-state index contributed by atoms with van der Waals surface area (Å²) in [6.45, 7) is 2.17. The quantitative estimate of drug-likeness (QED) is 0.0146. The van der Waals surface area contributed by atoms with Gasteiger partial charge in [0, 0.05) is 19.3 Å². The summed E-state index contributed by atoms with van der Waals surface area (Å²) in [5.41, 5.74) is 0. The Kier molecular flexibility index (Phi) is 71.9. The Morgan fingerprint density at radius 2 is 0.495 bits per heavy atom. The van der Waals surface area contributed by atoms with E-state index in [1.54, 1.807) is 0 Å². The molecule has 18 heteroatoms. The number of aliphatic hydroxyl groups excluding tert-OH is 2. The van der Waals surface area contributed by atoms with E-state index in [1.807, 2.05) is 24.3 Å². The Morgan fingerprint density at radius 3 is 0.806 bits per heavy atom. The predicted octanol–water partition coefficient (Wildman–Crippen LogP) is 22.8. The fourth-order valence-electron chi connectivity index (χ4n) is 9.53. The van der Waals surface area contributed by atoms with Gasteiger partial charge in [0.2, 0.25) is 0 Å². The molecule has 0 aromatic rings. The maximum absolute atomic E-state index is 12.9. The second kappa shape index (κ2) is 76.1. The third-order valence-corrected chi connectivity index (χ3v) is 17.2. The van der Waals surface area contributed by atoms with Crippen LogP contribution in [0.5, 0.6) is 0 Å². The van der Waals surface area contributed by atoms with Gasteiger partial charge >= 0.3 is 33.6 Å². The lowest BCUT2D eigenvalue weighted by Gasteiger charge is -2.21. The Balaban J connectivity index is 4.55. The number of hydrogen-bond acceptors (Lipinski definition) is 14. The van der Waals surface area contributed by atoms with Crippen molar-refractivity contribution in [3.63, 3.8) is 0 Å². The standard InChI is InChI=1S/C85H136O16P2/c1-4-7-10-13-16-19-22-25-28-31-32-33-34-35-36-37-38-39-40-41-42-43-44-45-46-49-51-53-56-59-62-65-68-71-83(88)95-74-80(86)75-97-102(91,92)98-76-81(87)77-99-103(93,94)100-79-82(101-85(90)73-70-67-64-61-58-55-52-48-30-27-24-21-18-15-12-9-6-3)78-96-84(89)72-69-66-63-60-57-54-50-47-29-26-23-20-17-14-11-8-5-2/h7-12,16-21,25-30,32-33,35-36,38-39,50,52,54-55,60-61,63-64,80-82,86-87H,4-6,13-15,22-24,31,34,37,40-49,51,53,56-59,62,65-79H2,1-3H3,(H,91,92)(H,93,94)/b10-7-,11-8-,12-9-,19-16-,20-17-,21-18-,28-25-,29-26-,30-27-,33-32-,36-35-,39-38-,54-50-,55-52-,63-60-,64-61-. The monoisotopic (exact) mass is 1470 g/mol. The topological polar surface area (TPSA) is 231 Å². The maximum atomic E-state index is 12.9. The lowest BCUT2D eigenvalue weighted by atomic mass is 10.0. The van der Waals surface area contributed by atoms with E-state index in [0.29, 0.717) is 32.1 Å². The molecular formula is C85H136O16P2. The first-order valence-electron chi connectivity index (χ1n) is 38.7. The number of aliphatic hydroxyl groups is 2. The van der Waals surface area contributed by atoms with Gasteiger partial charge in [-0.25, -0.2) is 9.13 Å². The minimum Gasteiger partial charge on any atom is -0.463 e. The van der Waals surface area contributed by atoms with Crippen LogP contribution in [-0.2, 0) is 55.8 Å². The van der Waals surface area contributed by atoms with Crippen molar-refractivity contribution >= 4 is 33.6 Å². The van der Waals surface area contributed by atoms with Gasteiger partial charge in [0.25, 0.3) is 0 Å². The fraction of sp³-hybridized carbons (Fsp3) is 0.588. The summed E-state index contributed by atoms with van der Waals surface area (Å²) in [6.07, 6.45) is 99.4. The predicted molar refractivity (Wildman–Crippen MR) is 426 cm³/mol. The average Bonchev–Trinajstić information content (AvgIpc) is 0.915. The number of hydrogen-bond donors (Lipinski definition) is 4. The molecule has 0 aliphatic rings. The molecule has 103 heavy (non-hydrogen) atoms. The van der Waals surface area contributed by atoms with Gasteiger partial charge in [-0.15, -0.1) is 0 Å². The first-order valence-corrected chi connectivity index (χ1v) is 41.7. The summed E-state index contributed by atoms with van der Waals surface area (Å²) in [5, 5.41) is 20.6. The number of phosphoric acid groups is 2. The molecule has 0 saturated carbocycles. The van der Waals surface area contributed by atoms with E-state index < -0.39 is 91.5 Å². The van der Waals surface area contributed by atoms with E-state index in [0.717, 1.165) is 128 Å². The van der Waals surface area contributed by atoms with E-state index in [2.05, 4.69) is 191 Å². The van der Waals surface area contributed by atoms with Crippen molar-refractivity contribution in [1.29, 1.82) is 0 Å². The molecule has 0 heterocycles. The molecule has 0 aromatic carbocycles. The van der Waals surface area contributed by atoms with Crippen molar-refractivity contribution in [2.75, 3.05) is 39.6 Å². The Hall–Kier alpha value is -5.61. The second-order valence-corrected chi connectivity index (χ2v) is 27.9. The van der Waals surface area contributed by atoms with Gasteiger partial charge in [-0.3, -0.25) is 32.5 Å². The normalized spacial score (nSPS) is 15.1. The molecule has 0 bridgehead atoms. The molecule has 0 fully saturated rings. The first kappa shape index (κ1) is 97.4. The summed E-state index contributed by atoms with van der Waals surface area (Å²) < 4.78 is 60.9. The fourth-order valence-corrected chi connectivity index (χ4v) is 11.1. The van der Waals surface area contributed by atoms with Crippen LogP contribution >= 0.6 is 15.6 Å². The van der Waals surface area contributed by atoms with Crippen LogP contribution in [0.4, 0.5) is 0 Å². The minimum atomic E-state index is -4.96. The van der Waals surface area contributed by atoms with Gasteiger partial charge in [0.1, 0.15) is 25.4 Å². The number of rotatable bonds is 71. The zero-order valence-electron chi connectivity index (χ0n) is 63.4. The van der Waals surface area contributed by atoms with Crippen LogP contribution in [0.2, 0.25) is 0 Å². The van der Waals surface area contributed by atoms with Crippen LogP contribution in [0, 0.1) is 0 Å². The van der Waals surface area contributed by atoms with Crippen molar-refractivity contribution in [1.82, 2.24) is 0 Å². The van der Waals surface area contributed by atoms with Crippen LogP contribution in [0.1, 0.15) is 265 Å². The summed E-state index contributed by atoms with van der Waals surface area (Å²) in [7, 11) is -9.84. The molecule has 0 spiro atoms. The number of carbonyl (C=O) groups is 3. The molecular weight excluding hydrogens is 1340 g/mol. The van der Waals surface area contributed by atoms with E-state index in [1.165, 1.54) is 64.2 Å². The number of unbranched alkanes of at least 4 members (excludes halogenated alkanes) is 16. The number of carbonyl (C=O) groups excluding carboxylic acids is 3. The van der Waals surface area contributed by atoms with E-state index in [-0.39, 0.29) is 19.3 Å². The Labute approximate surface area is 623 Å². The highest BCUT2D eigenvalue weighted by Gasteiger charge is 2.29. The molecule has 0 radical (unpaired) electrons. The van der Waals surface area contributed by atoms with Crippen LogP contribution in [0.15, 0.2) is 194 Å². The molecule has 4 N–H and O–H groups in total. The van der Waals surface area contributed by atoms with Crippen LogP contribution < -0.4 is 0 Å². The van der Waals surface area contributed by atoms with Gasteiger partial charge in [-0.2, -0.15) is 0 Å². The zero-order valence-corrected chi connectivity index (χ0v) is 65.2. The summed E-state index contributed by atoms with van der Waals surface area (Å²) in [4.78, 5) is 58.5. The minimum absolute atomic E-state index is 0.00684. The lowest BCUT2D eigenvalue weighted by molar-refractivity contribution is -0.161. The highest BCUT2D eigenvalue weighted by molar-refractivity contribution is 7.47. The van der Waals surface area contributed by atoms with Crippen molar-refractivity contribution in [3.8, 4) is 0 Å². The SMILES string of the molecule is CC/C=C\C/C=C\C/C=C\C/C=C\C/C=C\C/C=C\CCCCCCCCCCCCCCCCC(=O)OCC(O)COP(=O)(O)OCC(O)COP(=O)(O)OCC(COC(=O)CCC/C=C\C/C=C\C/C=C\C/C=C\C/C=C\CC)OC(=O)CCC/C=C\C/C=C\C/C=C\C/C=C\C/C=C\CC. The van der Waals surface area contributed by atoms with Gasteiger partial charge in [0.05, 0.1) is 26.4 Å². The summed E-state index contributed by atoms with van der Waals surface area (Å²) in [6, 6.07) is 0. The van der Waals surface area contributed by atoms with Gasteiger partial charge < -0.3 is 34.2 Å². The third-order valence-electron chi connectivity index (χ3n) is 15.3. The van der Waals surface area contributed by atoms with Gasteiger partial charge in [-0.1, -0.05) is 292 Å². The highest BCUT2D eigenvalue weighted by atomic mass is 31.2. The van der Waals surface area contributed by atoms with E-state index >= 15 is 0 Å². The van der Waals surface area contributed by atoms with Gasteiger partial charge in [0.15, 0.2) is 6.10 Å². The number of esters is 3. The van der Waals surface area contributed by atoms with Crippen molar-refractivity contribution in [3.05, 3.63) is 194 Å². The molecule has 582 valence electrons. The Bertz CT molecular complexity index is 2650. The highest BCUT2D eigenvalue weighted by Crippen LogP contribution is 2.45. The van der Waals surface area contributed by atoms with Gasteiger partial charge in [-0.05, 0) is 148 Å². The van der Waals surface area contributed by atoms with Crippen molar-refractivity contribution in [2.45, 2.75) is 283 Å². The molecule has 0 aliphatic heterocycles. The molecule has 0 amide bonds. The lowest BCUT2D eigenvalue weighted by Crippen LogP contribution is -2.30. The van der Waals surface area contributed by atoms with Crippen LogP contribution in [-0.4, -0.2) is 95.9 Å². The van der Waals surface area contributed by atoms with Crippen LogP contribution in [0.25, 0.3) is 0 Å². The number of allylic oxidation sites excluding steroid dienone is 32. The summed E-state index contributed by atoms with van der Waals surface area (Å²) in [5.74, 6) is -1.73. The smallest absolute Gasteiger partial charge is 0.463 e. The molecule has 0 aliphatic carbocycles. The van der Waals surface area contributed by atoms with E-state index in [9.17, 15) is 43.5 Å². The molecule has 5 unspecified atom stereocenters. The number of ether oxygens (including phenoxy) is 3. The largest absolute Gasteiger partial charge is 0.472 e. The summed E-state index contributed by atoms with van der Waals surface area (Å²) >= 11 is 0. The molecule has 5 atom stereocenters. The maximum Gasteiger partial charge on any atom is 0.472 e. The first-order chi connectivity index (χ1) is 50.2. The zero-order chi connectivity index (χ0) is 75.2. The third kappa shape index (κ3) is 77.3. The number of phosphoric ester groups is 2. The average molecular weight is 1480 g/mol. The molecule has 16 nitrogen and oxygen atoms in total. The van der Waals surface area contributed by atoms with E-state index in [4.69, 9.17) is 32.3 Å². The molecule has 0 aromatic heterocycles. The molecule has 0 rings (SSSR count).